The number of hydrogen-bond donors (Lipinski definition) is 1. The Morgan fingerprint density at radius 1 is 1.35 bits per heavy atom. The van der Waals surface area contributed by atoms with Crippen LogP contribution in [0.4, 0.5) is 0 Å². The highest BCUT2D eigenvalue weighted by Crippen LogP contribution is 2.32. The molecule has 0 saturated carbocycles. The maximum Gasteiger partial charge on any atom is 0.114 e. The summed E-state index contributed by atoms with van der Waals surface area (Å²) >= 11 is 5.43. The first-order chi connectivity index (χ1) is 9.52. The van der Waals surface area contributed by atoms with Gasteiger partial charge in [0.1, 0.15) is 5.01 Å². The average molecular weight is 353 g/mol. The van der Waals surface area contributed by atoms with Gasteiger partial charge in [0, 0.05) is 9.85 Å². The van der Waals surface area contributed by atoms with Crippen molar-refractivity contribution >= 4 is 27.3 Å². The van der Waals surface area contributed by atoms with Crippen LogP contribution in [0.15, 0.2) is 28.1 Å². The number of nitrogens with one attached hydrogen (secondary N) is 1. The highest BCUT2D eigenvalue weighted by Gasteiger charge is 2.20. The molecule has 2 nitrogen and oxygen atoms in total. The Morgan fingerprint density at radius 2 is 2.10 bits per heavy atom. The first kappa shape index (κ1) is 15.7. The van der Waals surface area contributed by atoms with E-state index < -0.39 is 0 Å². The minimum atomic E-state index is 0.160. The van der Waals surface area contributed by atoms with Gasteiger partial charge in [0.15, 0.2) is 0 Å². The Labute approximate surface area is 133 Å². The molecule has 0 bridgehead atoms. The number of thiazole rings is 1. The smallest absolute Gasteiger partial charge is 0.114 e. The van der Waals surface area contributed by atoms with Crippen molar-refractivity contribution in [2.24, 2.45) is 0 Å². The minimum absolute atomic E-state index is 0.160. The zero-order chi connectivity index (χ0) is 14.7. The second-order valence-corrected chi connectivity index (χ2v) is 7.02. The maximum absolute atomic E-state index is 4.80. The number of aromatic nitrogens is 1. The van der Waals surface area contributed by atoms with E-state index in [4.69, 9.17) is 4.98 Å². The number of rotatable bonds is 5. The van der Waals surface area contributed by atoms with E-state index in [2.05, 4.69) is 72.5 Å². The molecule has 0 aliphatic rings. The van der Waals surface area contributed by atoms with Gasteiger partial charge in [-0.2, -0.15) is 0 Å². The molecule has 1 aromatic carbocycles. The van der Waals surface area contributed by atoms with Crippen LogP contribution in [0.2, 0.25) is 0 Å². The van der Waals surface area contributed by atoms with Gasteiger partial charge in [-0.3, -0.25) is 0 Å². The first-order valence-corrected chi connectivity index (χ1v) is 8.65. The van der Waals surface area contributed by atoms with Gasteiger partial charge in [0.25, 0.3) is 0 Å². The molecule has 0 aliphatic heterocycles. The molecule has 1 aromatic heterocycles. The molecular weight excluding hydrogens is 332 g/mol. The fourth-order valence-corrected chi connectivity index (χ4v) is 3.89. The molecule has 1 unspecified atom stereocenters. The molecular formula is C16H21BrN2S. The van der Waals surface area contributed by atoms with E-state index in [1.54, 1.807) is 11.3 Å². The monoisotopic (exact) mass is 352 g/mol. The molecule has 2 rings (SSSR count). The summed E-state index contributed by atoms with van der Waals surface area (Å²) in [6.45, 7) is 9.52. The summed E-state index contributed by atoms with van der Waals surface area (Å²) in [7, 11) is 0. The van der Waals surface area contributed by atoms with E-state index >= 15 is 0 Å². The molecule has 20 heavy (non-hydrogen) atoms. The minimum Gasteiger partial charge on any atom is -0.305 e. The van der Waals surface area contributed by atoms with Gasteiger partial charge in [-0.25, -0.2) is 4.98 Å². The van der Waals surface area contributed by atoms with E-state index in [9.17, 15) is 0 Å². The number of nitrogens with zero attached hydrogens (tertiary/aromatic N) is 1. The van der Waals surface area contributed by atoms with E-state index in [-0.39, 0.29) is 6.04 Å². The zero-order valence-electron chi connectivity index (χ0n) is 12.4. The molecule has 0 fully saturated rings. The van der Waals surface area contributed by atoms with Crippen LogP contribution < -0.4 is 5.32 Å². The second kappa shape index (κ2) is 6.83. The quantitative estimate of drug-likeness (QED) is 0.815. The predicted molar refractivity (Wildman–Crippen MR) is 90.6 cm³/mol. The lowest BCUT2D eigenvalue weighted by molar-refractivity contribution is 0.621. The van der Waals surface area contributed by atoms with Crippen LogP contribution >= 0.6 is 27.3 Å². The van der Waals surface area contributed by atoms with E-state index in [1.807, 2.05) is 0 Å². The van der Waals surface area contributed by atoms with Crippen molar-refractivity contribution in [1.29, 1.82) is 0 Å². The fourth-order valence-electron chi connectivity index (χ4n) is 2.10. The van der Waals surface area contributed by atoms with Crippen molar-refractivity contribution in [1.82, 2.24) is 10.3 Å². The number of benzene rings is 1. The fraction of sp³-hybridized carbons (Fsp3) is 0.438. The van der Waals surface area contributed by atoms with Crippen LogP contribution in [0.1, 0.15) is 54.6 Å². The third-order valence-electron chi connectivity index (χ3n) is 3.25. The van der Waals surface area contributed by atoms with Crippen molar-refractivity contribution in [2.75, 3.05) is 6.54 Å². The third kappa shape index (κ3) is 3.48. The van der Waals surface area contributed by atoms with Crippen LogP contribution in [-0.4, -0.2) is 11.5 Å². The van der Waals surface area contributed by atoms with Gasteiger partial charge in [-0.15, -0.1) is 11.3 Å². The van der Waals surface area contributed by atoms with Gasteiger partial charge in [-0.05, 0) is 36.6 Å². The Kier molecular flexibility index (Phi) is 5.35. The number of aryl methyl sites for hydroxylation is 1. The second-order valence-electron chi connectivity index (χ2n) is 5.28. The molecule has 0 aliphatic carbocycles. The van der Waals surface area contributed by atoms with Crippen molar-refractivity contribution in [3.63, 3.8) is 0 Å². The van der Waals surface area contributed by atoms with Crippen LogP contribution in [0, 0.1) is 6.92 Å². The Morgan fingerprint density at radius 3 is 2.65 bits per heavy atom. The molecule has 0 radical (unpaired) electrons. The van der Waals surface area contributed by atoms with Crippen LogP contribution in [0.25, 0.3) is 0 Å². The SMILES string of the molecule is CCNC(c1nc(C(C)C)cs1)c1ccc(C)cc1Br. The van der Waals surface area contributed by atoms with Crippen molar-refractivity contribution in [3.8, 4) is 0 Å². The Hall–Kier alpha value is -0.710. The van der Waals surface area contributed by atoms with E-state index in [1.165, 1.54) is 16.8 Å². The summed E-state index contributed by atoms with van der Waals surface area (Å²) in [6.07, 6.45) is 0. The summed E-state index contributed by atoms with van der Waals surface area (Å²) in [5.41, 5.74) is 3.69. The van der Waals surface area contributed by atoms with Gasteiger partial charge in [-0.1, -0.05) is 48.8 Å². The standard InChI is InChI=1S/C16H21BrN2S/c1-5-18-15(12-7-6-11(4)8-13(12)17)16-19-14(9-20-16)10(2)3/h6-10,15,18H,5H2,1-4H3. The maximum atomic E-state index is 4.80. The third-order valence-corrected chi connectivity index (χ3v) is 4.87. The molecule has 0 amide bonds. The molecule has 1 N–H and O–H groups in total. The van der Waals surface area contributed by atoms with Gasteiger partial charge in [0.05, 0.1) is 11.7 Å². The summed E-state index contributed by atoms with van der Waals surface area (Å²) in [5, 5.41) is 6.86. The van der Waals surface area contributed by atoms with Crippen molar-refractivity contribution in [3.05, 3.63) is 49.9 Å². The van der Waals surface area contributed by atoms with Crippen LogP contribution in [0.5, 0.6) is 0 Å². The summed E-state index contributed by atoms with van der Waals surface area (Å²) in [5.74, 6) is 0.476. The number of halogens is 1. The first-order valence-electron chi connectivity index (χ1n) is 6.97. The molecule has 108 valence electrons. The molecule has 0 spiro atoms. The molecule has 0 saturated heterocycles. The van der Waals surface area contributed by atoms with Crippen LogP contribution in [0.3, 0.4) is 0 Å². The predicted octanol–water partition coefficient (Wildman–Crippen LogP) is 5.04. The lowest BCUT2D eigenvalue weighted by Crippen LogP contribution is -2.22. The molecule has 1 atom stereocenters. The lowest BCUT2D eigenvalue weighted by atomic mass is 10.1. The van der Waals surface area contributed by atoms with Crippen LogP contribution in [-0.2, 0) is 0 Å². The van der Waals surface area contributed by atoms with Gasteiger partial charge >= 0.3 is 0 Å². The molecule has 1 heterocycles. The lowest BCUT2D eigenvalue weighted by Gasteiger charge is -2.18. The Balaban J connectivity index is 2.39. The van der Waals surface area contributed by atoms with E-state index in [0.717, 1.165) is 16.0 Å². The summed E-state index contributed by atoms with van der Waals surface area (Å²) < 4.78 is 1.14. The summed E-state index contributed by atoms with van der Waals surface area (Å²) in [4.78, 5) is 4.80. The topological polar surface area (TPSA) is 24.9 Å². The zero-order valence-corrected chi connectivity index (χ0v) is 14.8. The van der Waals surface area contributed by atoms with Crippen molar-refractivity contribution < 1.29 is 0 Å². The van der Waals surface area contributed by atoms with Gasteiger partial charge in [0.2, 0.25) is 0 Å². The van der Waals surface area contributed by atoms with E-state index in [0.29, 0.717) is 5.92 Å². The summed E-state index contributed by atoms with van der Waals surface area (Å²) in [6, 6.07) is 6.66. The number of hydrogen-bond acceptors (Lipinski definition) is 3. The Bertz CT molecular complexity index is 578. The molecule has 2 aromatic rings. The largest absolute Gasteiger partial charge is 0.305 e. The average Bonchev–Trinajstić information content (AvgIpc) is 2.86. The highest BCUT2D eigenvalue weighted by atomic mass is 79.9. The molecule has 4 heteroatoms. The normalized spacial score (nSPS) is 12.9. The van der Waals surface area contributed by atoms with Crippen molar-refractivity contribution in [2.45, 2.75) is 39.7 Å². The highest BCUT2D eigenvalue weighted by molar-refractivity contribution is 9.10. The van der Waals surface area contributed by atoms with Gasteiger partial charge < -0.3 is 5.32 Å².